The summed E-state index contributed by atoms with van der Waals surface area (Å²) in [6, 6.07) is 10.3. The highest BCUT2D eigenvalue weighted by Gasteiger charge is 2.04. The van der Waals surface area contributed by atoms with Gasteiger partial charge in [-0.05, 0) is 30.0 Å². The average Bonchev–Trinajstić information content (AvgIpc) is 3.20. The van der Waals surface area contributed by atoms with Gasteiger partial charge >= 0.3 is 0 Å². The number of ether oxygens (including phenoxy) is 2. The Labute approximate surface area is 161 Å². The lowest BCUT2D eigenvalue weighted by atomic mass is 10.1. The zero-order chi connectivity index (χ0) is 19.2. The molecule has 0 bridgehead atoms. The van der Waals surface area contributed by atoms with Crippen LogP contribution in [0.4, 0.5) is 0 Å². The fourth-order valence-corrected chi connectivity index (χ4v) is 2.63. The second-order valence-electron chi connectivity index (χ2n) is 6.14. The standard InChI is InChI=1S/C20H31N5O2/c1-21-20(22-10-5-6-13-27-15-14-26-2)23-16-18-8-3-4-9-19(18)17-25-12-7-11-24-25/h3-4,7-9,11-12H,5-6,10,13-17H2,1-2H3,(H2,21,22,23). The van der Waals surface area contributed by atoms with Crippen molar-refractivity contribution in [2.24, 2.45) is 4.99 Å². The Morgan fingerprint density at radius 2 is 1.93 bits per heavy atom. The van der Waals surface area contributed by atoms with Crippen LogP contribution in [-0.4, -0.2) is 56.3 Å². The molecule has 2 aromatic rings. The van der Waals surface area contributed by atoms with Crippen LogP contribution < -0.4 is 10.6 Å². The maximum Gasteiger partial charge on any atom is 0.191 e. The molecule has 0 aliphatic heterocycles. The average molecular weight is 374 g/mol. The maximum absolute atomic E-state index is 5.46. The summed E-state index contributed by atoms with van der Waals surface area (Å²) in [5.41, 5.74) is 2.49. The Kier molecular flexibility index (Phi) is 9.99. The molecule has 7 nitrogen and oxygen atoms in total. The molecule has 0 saturated carbocycles. The number of hydrogen-bond donors (Lipinski definition) is 2. The number of benzene rings is 1. The first-order chi connectivity index (χ1) is 13.3. The second-order valence-corrected chi connectivity index (χ2v) is 6.14. The predicted molar refractivity (Wildman–Crippen MR) is 108 cm³/mol. The molecule has 2 rings (SSSR count). The number of hydrogen-bond acceptors (Lipinski definition) is 4. The molecule has 1 aromatic carbocycles. The minimum absolute atomic E-state index is 0.649. The molecule has 0 aliphatic rings. The van der Waals surface area contributed by atoms with E-state index in [0.717, 1.165) is 45.0 Å². The zero-order valence-corrected chi connectivity index (χ0v) is 16.4. The van der Waals surface area contributed by atoms with Gasteiger partial charge in [-0.15, -0.1) is 0 Å². The zero-order valence-electron chi connectivity index (χ0n) is 16.4. The Morgan fingerprint density at radius 1 is 1.07 bits per heavy atom. The van der Waals surface area contributed by atoms with Crippen molar-refractivity contribution < 1.29 is 9.47 Å². The highest BCUT2D eigenvalue weighted by molar-refractivity contribution is 5.79. The summed E-state index contributed by atoms with van der Waals surface area (Å²) in [5.74, 6) is 0.809. The SMILES string of the molecule is CN=C(NCCCCOCCOC)NCc1ccccc1Cn1cccn1. The first kappa shape index (κ1) is 20.9. The molecule has 2 N–H and O–H groups in total. The number of nitrogens with one attached hydrogen (secondary N) is 2. The van der Waals surface area contributed by atoms with Crippen LogP contribution >= 0.6 is 0 Å². The lowest BCUT2D eigenvalue weighted by molar-refractivity contribution is 0.0689. The smallest absolute Gasteiger partial charge is 0.191 e. The van der Waals surface area contributed by atoms with Gasteiger partial charge in [0.05, 0.1) is 19.8 Å². The van der Waals surface area contributed by atoms with Gasteiger partial charge in [-0.25, -0.2) is 0 Å². The van der Waals surface area contributed by atoms with Crippen molar-refractivity contribution in [2.45, 2.75) is 25.9 Å². The van der Waals surface area contributed by atoms with Crippen molar-refractivity contribution in [3.8, 4) is 0 Å². The molecule has 0 amide bonds. The largest absolute Gasteiger partial charge is 0.382 e. The monoisotopic (exact) mass is 373 g/mol. The third-order valence-electron chi connectivity index (χ3n) is 4.12. The molecular weight excluding hydrogens is 342 g/mol. The van der Waals surface area contributed by atoms with Gasteiger partial charge in [0, 0.05) is 46.2 Å². The van der Waals surface area contributed by atoms with E-state index in [2.05, 4.69) is 45.0 Å². The van der Waals surface area contributed by atoms with E-state index in [1.54, 1.807) is 20.4 Å². The summed E-state index contributed by atoms with van der Waals surface area (Å²) >= 11 is 0. The summed E-state index contributed by atoms with van der Waals surface area (Å²) in [4.78, 5) is 4.30. The molecule has 1 aromatic heterocycles. The molecule has 0 saturated heterocycles. The number of aromatic nitrogens is 2. The van der Waals surface area contributed by atoms with Crippen molar-refractivity contribution in [3.05, 3.63) is 53.9 Å². The van der Waals surface area contributed by atoms with Crippen molar-refractivity contribution in [1.82, 2.24) is 20.4 Å². The van der Waals surface area contributed by atoms with Gasteiger partial charge in [-0.1, -0.05) is 24.3 Å². The predicted octanol–water partition coefficient (Wildman–Crippen LogP) is 2.04. The Morgan fingerprint density at radius 3 is 2.67 bits per heavy atom. The molecule has 0 unspecified atom stereocenters. The molecule has 7 heteroatoms. The molecule has 27 heavy (non-hydrogen) atoms. The normalized spacial score (nSPS) is 11.6. The lowest BCUT2D eigenvalue weighted by Gasteiger charge is -2.14. The number of rotatable bonds is 12. The molecule has 1 heterocycles. The second kappa shape index (κ2) is 12.9. The van der Waals surface area contributed by atoms with E-state index < -0.39 is 0 Å². The molecule has 0 atom stereocenters. The van der Waals surface area contributed by atoms with Gasteiger partial charge < -0.3 is 20.1 Å². The summed E-state index contributed by atoms with van der Waals surface area (Å²) in [6.45, 7) is 4.42. The summed E-state index contributed by atoms with van der Waals surface area (Å²) in [6.07, 6.45) is 5.82. The van der Waals surface area contributed by atoms with Gasteiger partial charge in [0.25, 0.3) is 0 Å². The van der Waals surface area contributed by atoms with Crippen LogP contribution in [-0.2, 0) is 22.6 Å². The third kappa shape index (κ3) is 8.23. The van der Waals surface area contributed by atoms with Gasteiger partial charge in [-0.3, -0.25) is 9.67 Å². The van der Waals surface area contributed by atoms with Crippen LogP contribution in [0, 0.1) is 0 Å². The van der Waals surface area contributed by atoms with E-state index in [1.165, 1.54) is 11.1 Å². The Balaban J connectivity index is 1.70. The number of guanidine groups is 1. The van der Waals surface area contributed by atoms with E-state index in [0.29, 0.717) is 13.2 Å². The fourth-order valence-electron chi connectivity index (χ4n) is 2.63. The molecule has 0 spiro atoms. The summed E-state index contributed by atoms with van der Waals surface area (Å²) in [5, 5.41) is 11.0. The minimum atomic E-state index is 0.649. The van der Waals surface area contributed by atoms with Crippen molar-refractivity contribution in [1.29, 1.82) is 0 Å². The number of methoxy groups -OCH3 is 1. The van der Waals surface area contributed by atoms with Crippen LogP contribution in [0.15, 0.2) is 47.7 Å². The van der Waals surface area contributed by atoms with Crippen molar-refractivity contribution in [3.63, 3.8) is 0 Å². The van der Waals surface area contributed by atoms with Gasteiger partial charge in [0.1, 0.15) is 0 Å². The fraction of sp³-hybridized carbons (Fsp3) is 0.500. The number of nitrogens with zero attached hydrogens (tertiary/aromatic N) is 3. The van der Waals surface area contributed by atoms with Crippen LogP contribution in [0.25, 0.3) is 0 Å². The topological polar surface area (TPSA) is 72.7 Å². The van der Waals surface area contributed by atoms with Crippen molar-refractivity contribution >= 4 is 5.96 Å². The van der Waals surface area contributed by atoms with E-state index in [-0.39, 0.29) is 0 Å². The Bertz CT molecular complexity index is 658. The first-order valence-electron chi connectivity index (χ1n) is 9.39. The van der Waals surface area contributed by atoms with E-state index in [1.807, 2.05) is 16.9 Å². The molecular formula is C20H31N5O2. The van der Waals surface area contributed by atoms with Crippen LogP contribution in [0.3, 0.4) is 0 Å². The highest BCUT2D eigenvalue weighted by atomic mass is 16.5. The molecule has 0 fully saturated rings. The third-order valence-corrected chi connectivity index (χ3v) is 4.12. The molecule has 0 radical (unpaired) electrons. The van der Waals surface area contributed by atoms with Gasteiger partial charge in [0.15, 0.2) is 5.96 Å². The van der Waals surface area contributed by atoms with Crippen molar-refractivity contribution in [2.75, 3.05) is 40.5 Å². The maximum atomic E-state index is 5.46. The van der Waals surface area contributed by atoms with E-state index in [4.69, 9.17) is 9.47 Å². The summed E-state index contributed by atoms with van der Waals surface area (Å²) in [7, 11) is 3.47. The number of aliphatic imine (C=N–C) groups is 1. The lowest BCUT2D eigenvalue weighted by Crippen LogP contribution is -2.37. The van der Waals surface area contributed by atoms with Crippen LogP contribution in [0.1, 0.15) is 24.0 Å². The van der Waals surface area contributed by atoms with Gasteiger partial charge in [0.2, 0.25) is 0 Å². The Hall–Kier alpha value is -2.38. The van der Waals surface area contributed by atoms with Crippen LogP contribution in [0.2, 0.25) is 0 Å². The van der Waals surface area contributed by atoms with Gasteiger partial charge in [-0.2, -0.15) is 5.10 Å². The molecule has 0 aliphatic carbocycles. The molecule has 148 valence electrons. The number of unbranched alkanes of at least 4 members (excludes halogenated alkanes) is 1. The van der Waals surface area contributed by atoms with E-state index in [9.17, 15) is 0 Å². The van der Waals surface area contributed by atoms with Crippen LogP contribution in [0.5, 0.6) is 0 Å². The minimum Gasteiger partial charge on any atom is -0.382 e. The quantitative estimate of drug-likeness (QED) is 0.338. The van der Waals surface area contributed by atoms with E-state index >= 15 is 0 Å². The first-order valence-corrected chi connectivity index (χ1v) is 9.39. The summed E-state index contributed by atoms with van der Waals surface area (Å²) < 4.78 is 12.3. The highest BCUT2D eigenvalue weighted by Crippen LogP contribution is 2.10.